The van der Waals surface area contributed by atoms with Gasteiger partial charge in [0.2, 0.25) is 0 Å². The lowest BCUT2D eigenvalue weighted by atomic mass is 10.0. The molecule has 0 radical (unpaired) electrons. The topological polar surface area (TPSA) is 46.9 Å². The van der Waals surface area contributed by atoms with Gasteiger partial charge in [0.1, 0.15) is 0 Å². The van der Waals surface area contributed by atoms with Crippen molar-refractivity contribution in [1.29, 1.82) is 0 Å². The molecular formula is C30H27N3O. The van der Waals surface area contributed by atoms with E-state index in [1.54, 1.807) is 0 Å². The number of nitrogens with one attached hydrogen (secondary N) is 1. The van der Waals surface area contributed by atoms with Crippen LogP contribution in [-0.2, 0) is 0 Å². The van der Waals surface area contributed by atoms with E-state index in [4.69, 9.17) is 5.10 Å². The molecule has 4 nitrogen and oxygen atoms in total. The lowest BCUT2D eigenvalue weighted by Gasteiger charge is -2.10. The summed E-state index contributed by atoms with van der Waals surface area (Å²) in [5.74, 6) is 0.211. The molecule has 1 amide bonds. The van der Waals surface area contributed by atoms with E-state index in [0.29, 0.717) is 11.6 Å². The maximum absolute atomic E-state index is 13.2. The van der Waals surface area contributed by atoms with Gasteiger partial charge in [-0.3, -0.25) is 4.79 Å². The van der Waals surface area contributed by atoms with Crippen molar-refractivity contribution in [3.8, 4) is 16.9 Å². The van der Waals surface area contributed by atoms with Crippen molar-refractivity contribution in [1.82, 2.24) is 9.78 Å². The Bertz CT molecular complexity index is 1460. The Hall–Kier alpha value is -4.18. The molecule has 0 aliphatic carbocycles. The number of anilines is 1. The number of aryl methyl sites for hydroxylation is 1. The SMILES string of the molecule is Cc1ccc(-n2nc(C(=O)Nc3ccc(C(C)C)cc3)cc2-c2cccc3ccccc23)cc1. The molecule has 1 aromatic heterocycles. The molecule has 4 heteroatoms. The fourth-order valence-electron chi connectivity index (χ4n) is 4.16. The Morgan fingerprint density at radius 1 is 0.853 bits per heavy atom. The molecule has 0 spiro atoms. The van der Waals surface area contributed by atoms with Crippen LogP contribution < -0.4 is 5.32 Å². The lowest BCUT2D eigenvalue weighted by Crippen LogP contribution is -2.13. The molecular weight excluding hydrogens is 418 g/mol. The van der Waals surface area contributed by atoms with E-state index in [1.165, 1.54) is 11.1 Å². The van der Waals surface area contributed by atoms with Crippen LogP contribution in [0.3, 0.4) is 0 Å². The second kappa shape index (κ2) is 8.99. The average Bonchev–Trinajstić information content (AvgIpc) is 3.30. The second-order valence-electron chi connectivity index (χ2n) is 8.92. The minimum Gasteiger partial charge on any atom is -0.321 e. The Kier molecular flexibility index (Phi) is 5.72. The molecule has 5 rings (SSSR count). The third kappa shape index (κ3) is 4.23. The number of aromatic nitrogens is 2. The fraction of sp³-hybridized carbons (Fsp3) is 0.133. The maximum atomic E-state index is 13.2. The van der Waals surface area contributed by atoms with Crippen LogP contribution in [0.25, 0.3) is 27.7 Å². The summed E-state index contributed by atoms with van der Waals surface area (Å²) in [6, 6.07) is 32.5. The summed E-state index contributed by atoms with van der Waals surface area (Å²) in [7, 11) is 0. The normalized spacial score (nSPS) is 11.2. The lowest BCUT2D eigenvalue weighted by molar-refractivity contribution is 0.102. The molecule has 0 aliphatic rings. The molecule has 1 heterocycles. The first kappa shape index (κ1) is 21.7. The van der Waals surface area contributed by atoms with Gasteiger partial charge in [-0.2, -0.15) is 5.10 Å². The number of carbonyl (C=O) groups is 1. The number of fused-ring (bicyclic) bond motifs is 1. The van der Waals surface area contributed by atoms with Crippen molar-refractivity contribution in [2.45, 2.75) is 26.7 Å². The Labute approximate surface area is 199 Å². The zero-order chi connectivity index (χ0) is 23.7. The summed E-state index contributed by atoms with van der Waals surface area (Å²) in [5, 5.41) is 10.0. The number of hydrogen-bond donors (Lipinski definition) is 1. The largest absolute Gasteiger partial charge is 0.321 e. The summed E-state index contributed by atoms with van der Waals surface area (Å²) in [5.41, 5.74) is 6.36. The van der Waals surface area contributed by atoms with Gasteiger partial charge in [-0.1, -0.05) is 86.1 Å². The number of nitrogens with zero attached hydrogens (tertiary/aromatic N) is 2. The van der Waals surface area contributed by atoms with Gasteiger partial charge in [0.15, 0.2) is 5.69 Å². The quantitative estimate of drug-likeness (QED) is 0.307. The van der Waals surface area contributed by atoms with Gasteiger partial charge in [0.05, 0.1) is 11.4 Å². The summed E-state index contributed by atoms with van der Waals surface area (Å²) >= 11 is 0. The van der Waals surface area contributed by atoms with Gasteiger partial charge in [0, 0.05) is 11.3 Å². The Morgan fingerprint density at radius 2 is 1.56 bits per heavy atom. The van der Waals surface area contributed by atoms with E-state index in [9.17, 15) is 4.79 Å². The highest BCUT2D eigenvalue weighted by atomic mass is 16.1. The number of benzene rings is 4. The zero-order valence-electron chi connectivity index (χ0n) is 19.6. The van der Waals surface area contributed by atoms with Gasteiger partial charge in [-0.05, 0) is 59.5 Å². The van der Waals surface area contributed by atoms with E-state index < -0.39 is 0 Å². The summed E-state index contributed by atoms with van der Waals surface area (Å²) in [4.78, 5) is 13.2. The smallest absolute Gasteiger partial charge is 0.276 e. The molecule has 4 aromatic carbocycles. The monoisotopic (exact) mass is 445 g/mol. The van der Waals surface area contributed by atoms with Crippen LogP contribution in [-0.4, -0.2) is 15.7 Å². The predicted octanol–water partition coefficient (Wildman–Crippen LogP) is 7.38. The molecule has 0 bridgehead atoms. The molecule has 0 unspecified atom stereocenters. The number of rotatable bonds is 5. The van der Waals surface area contributed by atoms with E-state index in [1.807, 2.05) is 65.3 Å². The van der Waals surface area contributed by atoms with Gasteiger partial charge < -0.3 is 5.32 Å². The number of hydrogen-bond acceptors (Lipinski definition) is 2. The molecule has 1 N–H and O–H groups in total. The van der Waals surface area contributed by atoms with Crippen molar-refractivity contribution >= 4 is 22.4 Å². The molecule has 0 atom stereocenters. The average molecular weight is 446 g/mol. The first-order valence-electron chi connectivity index (χ1n) is 11.6. The molecule has 34 heavy (non-hydrogen) atoms. The van der Waals surface area contributed by atoms with Crippen LogP contribution >= 0.6 is 0 Å². The van der Waals surface area contributed by atoms with Crippen LogP contribution in [0.2, 0.25) is 0 Å². The van der Waals surface area contributed by atoms with Crippen LogP contribution in [0.15, 0.2) is 97.1 Å². The van der Waals surface area contributed by atoms with Crippen molar-refractivity contribution in [3.05, 3.63) is 114 Å². The Balaban J connectivity index is 1.58. The molecule has 0 aliphatic heterocycles. The predicted molar refractivity (Wildman–Crippen MR) is 140 cm³/mol. The maximum Gasteiger partial charge on any atom is 0.276 e. The van der Waals surface area contributed by atoms with Crippen molar-refractivity contribution in [3.63, 3.8) is 0 Å². The molecule has 0 saturated carbocycles. The fourth-order valence-corrected chi connectivity index (χ4v) is 4.16. The van der Waals surface area contributed by atoms with Crippen LogP contribution in [0.1, 0.15) is 41.4 Å². The van der Waals surface area contributed by atoms with E-state index in [2.05, 4.69) is 62.5 Å². The molecule has 168 valence electrons. The molecule has 5 aromatic rings. The Morgan fingerprint density at radius 3 is 2.29 bits per heavy atom. The van der Waals surface area contributed by atoms with E-state index in [-0.39, 0.29) is 5.91 Å². The molecule has 0 fully saturated rings. The highest BCUT2D eigenvalue weighted by Crippen LogP contribution is 2.31. The van der Waals surface area contributed by atoms with Gasteiger partial charge in [-0.15, -0.1) is 0 Å². The third-order valence-corrected chi connectivity index (χ3v) is 6.12. The van der Waals surface area contributed by atoms with Crippen molar-refractivity contribution < 1.29 is 4.79 Å². The van der Waals surface area contributed by atoms with Crippen LogP contribution in [0.5, 0.6) is 0 Å². The highest BCUT2D eigenvalue weighted by molar-refractivity contribution is 6.04. The van der Waals surface area contributed by atoms with Crippen molar-refractivity contribution in [2.75, 3.05) is 5.32 Å². The van der Waals surface area contributed by atoms with Crippen molar-refractivity contribution in [2.24, 2.45) is 0 Å². The van der Waals surface area contributed by atoms with E-state index in [0.717, 1.165) is 33.4 Å². The first-order chi connectivity index (χ1) is 16.5. The third-order valence-electron chi connectivity index (χ3n) is 6.12. The van der Waals surface area contributed by atoms with Gasteiger partial charge in [0.25, 0.3) is 5.91 Å². The summed E-state index contributed by atoms with van der Waals surface area (Å²) < 4.78 is 1.86. The standard InChI is InChI=1S/C30H27N3O/c1-20(2)22-13-15-24(16-14-22)31-30(34)28-19-29(33(32-28)25-17-11-21(3)12-18-25)27-10-6-8-23-7-4-5-9-26(23)27/h4-20H,1-3H3,(H,31,34). The number of carbonyl (C=O) groups excluding carboxylic acids is 1. The second-order valence-corrected chi connectivity index (χ2v) is 8.92. The minimum atomic E-state index is -0.232. The van der Waals surface area contributed by atoms with E-state index >= 15 is 0 Å². The number of amides is 1. The highest BCUT2D eigenvalue weighted by Gasteiger charge is 2.18. The minimum absolute atomic E-state index is 0.232. The summed E-state index contributed by atoms with van der Waals surface area (Å²) in [6.07, 6.45) is 0. The zero-order valence-corrected chi connectivity index (χ0v) is 19.6. The van der Waals surface area contributed by atoms with Crippen LogP contribution in [0.4, 0.5) is 5.69 Å². The summed E-state index contributed by atoms with van der Waals surface area (Å²) in [6.45, 7) is 6.36. The van der Waals surface area contributed by atoms with Gasteiger partial charge in [-0.25, -0.2) is 4.68 Å². The van der Waals surface area contributed by atoms with Crippen LogP contribution in [0, 0.1) is 6.92 Å². The van der Waals surface area contributed by atoms with Gasteiger partial charge >= 0.3 is 0 Å². The first-order valence-corrected chi connectivity index (χ1v) is 11.6. The molecule has 0 saturated heterocycles.